The zero-order valence-electron chi connectivity index (χ0n) is 9.37. The summed E-state index contributed by atoms with van der Waals surface area (Å²) in [6, 6.07) is 4.36. The second kappa shape index (κ2) is 6.42. The SMILES string of the molecule is CCCC(Oc1cccc(Cl)c1F)C(=O)NN. The van der Waals surface area contributed by atoms with Crippen molar-refractivity contribution < 1.29 is 13.9 Å². The lowest BCUT2D eigenvalue weighted by atomic mass is 10.2. The molecule has 17 heavy (non-hydrogen) atoms. The molecule has 0 spiro atoms. The smallest absolute Gasteiger partial charge is 0.274 e. The fourth-order valence-electron chi connectivity index (χ4n) is 1.33. The normalized spacial score (nSPS) is 12.0. The molecule has 1 aromatic rings. The third-order valence-corrected chi connectivity index (χ3v) is 2.46. The van der Waals surface area contributed by atoms with Crippen molar-refractivity contribution in [3.8, 4) is 5.75 Å². The van der Waals surface area contributed by atoms with Crippen molar-refractivity contribution >= 4 is 17.5 Å². The van der Waals surface area contributed by atoms with E-state index in [2.05, 4.69) is 0 Å². The number of nitrogens with one attached hydrogen (secondary N) is 1. The van der Waals surface area contributed by atoms with Crippen molar-refractivity contribution in [2.75, 3.05) is 0 Å². The molecule has 6 heteroatoms. The van der Waals surface area contributed by atoms with E-state index in [9.17, 15) is 9.18 Å². The highest BCUT2D eigenvalue weighted by Gasteiger charge is 2.20. The summed E-state index contributed by atoms with van der Waals surface area (Å²) in [5.74, 6) is 3.79. The molecule has 0 saturated heterocycles. The van der Waals surface area contributed by atoms with Crippen molar-refractivity contribution in [3.63, 3.8) is 0 Å². The largest absolute Gasteiger partial charge is 0.477 e. The van der Waals surface area contributed by atoms with Gasteiger partial charge in [0.2, 0.25) is 0 Å². The van der Waals surface area contributed by atoms with Gasteiger partial charge < -0.3 is 4.74 Å². The molecule has 0 bridgehead atoms. The second-order valence-electron chi connectivity index (χ2n) is 3.46. The van der Waals surface area contributed by atoms with Crippen LogP contribution in [-0.4, -0.2) is 12.0 Å². The minimum Gasteiger partial charge on any atom is -0.477 e. The number of hydrogen-bond acceptors (Lipinski definition) is 3. The van der Waals surface area contributed by atoms with Gasteiger partial charge in [0, 0.05) is 0 Å². The number of carbonyl (C=O) groups is 1. The molecule has 1 unspecified atom stereocenters. The number of ether oxygens (including phenoxy) is 1. The first-order valence-corrected chi connectivity index (χ1v) is 5.59. The average molecular weight is 261 g/mol. The lowest BCUT2D eigenvalue weighted by Gasteiger charge is -2.17. The van der Waals surface area contributed by atoms with Crippen LogP contribution in [0.25, 0.3) is 0 Å². The van der Waals surface area contributed by atoms with E-state index in [4.69, 9.17) is 22.2 Å². The third-order valence-electron chi connectivity index (χ3n) is 2.17. The first-order chi connectivity index (χ1) is 8.10. The van der Waals surface area contributed by atoms with E-state index in [1.807, 2.05) is 12.3 Å². The monoisotopic (exact) mass is 260 g/mol. The molecule has 0 aliphatic carbocycles. The minimum absolute atomic E-state index is 0.0501. The van der Waals surface area contributed by atoms with E-state index in [1.54, 1.807) is 6.07 Å². The van der Waals surface area contributed by atoms with Crippen molar-refractivity contribution in [2.45, 2.75) is 25.9 Å². The highest BCUT2D eigenvalue weighted by Crippen LogP contribution is 2.25. The summed E-state index contributed by atoms with van der Waals surface area (Å²) in [6.07, 6.45) is 0.327. The summed E-state index contributed by atoms with van der Waals surface area (Å²) < 4.78 is 18.8. The van der Waals surface area contributed by atoms with Crippen LogP contribution in [0, 0.1) is 5.82 Å². The molecular weight excluding hydrogens is 247 g/mol. The Kier molecular flexibility index (Phi) is 5.18. The highest BCUT2D eigenvalue weighted by molar-refractivity contribution is 6.30. The second-order valence-corrected chi connectivity index (χ2v) is 3.86. The molecule has 3 N–H and O–H groups in total. The van der Waals surface area contributed by atoms with Gasteiger partial charge in [0.25, 0.3) is 5.91 Å². The molecule has 0 radical (unpaired) electrons. The van der Waals surface area contributed by atoms with Crippen LogP contribution in [0.2, 0.25) is 5.02 Å². The molecule has 0 aromatic heterocycles. The fourth-order valence-corrected chi connectivity index (χ4v) is 1.49. The van der Waals surface area contributed by atoms with Crippen LogP contribution in [0.4, 0.5) is 4.39 Å². The van der Waals surface area contributed by atoms with E-state index in [-0.39, 0.29) is 10.8 Å². The summed E-state index contributed by atoms with van der Waals surface area (Å²) >= 11 is 5.61. The Labute approximate surface area is 104 Å². The van der Waals surface area contributed by atoms with Crippen molar-refractivity contribution in [2.24, 2.45) is 5.84 Å². The maximum atomic E-state index is 13.5. The molecular formula is C11H14ClFN2O2. The minimum atomic E-state index is -0.821. The lowest BCUT2D eigenvalue weighted by Crippen LogP contribution is -2.42. The number of rotatable bonds is 5. The Hall–Kier alpha value is -1.33. The Bertz CT molecular complexity index is 401. The molecule has 0 fully saturated rings. The molecule has 1 rings (SSSR count). The zero-order chi connectivity index (χ0) is 12.8. The van der Waals surface area contributed by atoms with Crippen LogP contribution in [0.3, 0.4) is 0 Å². The quantitative estimate of drug-likeness (QED) is 0.484. The Morgan fingerprint density at radius 2 is 2.35 bits per heavy atom. The highest BCUT2D eigenvalue weighted by atomic mass is 35.5. The zero-order valence-corrected chi connectivity index (χ0v) is 10.1. The molecule has 1 aromatic carbocycles. The standard InChI is InChI=1S/C11H14ClFN2O2/c1-2-4-9(11(16)15-14)17-8-6-3-5-7(12)10(8)13/h3,5-6,9H,2,4,14H2,1H3,(H,15,16). The molecule has 94 valence electrons. The number of carbonyl (C=O) groups excluding carboxylic acids is 1. The maximum absolute atomic E-state index is 13.5. The average Bonchev–Trinajstić information content (AvgIpc) is 2.33. The molecule has 4 nitrogen and oxygen atoms in total. The molecule has 0 saturated carbocycles. The van der Waals surface area contributed by atoms with Gasteiger partial charge in [-0.05, 0) is 18.6 Å². The van der Waals surface area contributed by atoms with Crippen LogP contribution in [0.15, 0.2) is 18.2 Å². The van der Waals surface area contributed by atoms with Crippen LogP contribution in [0.1, 0.15) is 19.8 Å². The van der Waals surface area contributed by atoms with Crippen LogP contribution < -0.4 is 16.0 Å². The number of nitrogens with two attached hydrogens (primary N) is 1. The molecule has 1 amide bonds. The van der Waals surface area contributed by atoms with Crippen molar-refractivity contribution in [1.82, 2.24) is 5.43 Å². The summed E-state index contributed by atoms with van der Waals surface area (Å²) in [4.78, 5) is 11.4. The number of amides is 1. The van der Waals surface area contributed by atoms with Crippen LogP contribution in [0.5, 0.6) is 5.75 Å². The summed E-state index contributed by atoms with van der Waals surface area (Å²) in [5, 5.41) is -0.0501. The first kappa shape index (κ1) is 13.7. The fraction of sp³-hybridized carbons (Fsp3) is 0.364. The van der Waals surface area contributed by atoms with E-state index >= 15 is 0 Å². The number of hydrogen-bond donors (Lipinski definition) is 2. The van der Waals surface area contributed by atoms with Gasteiger partial charge in [-0.2, -0.15) is 0 Å². The van der Waals surface area contributed by atoms with Gasteiger partial charge in [0.05, 0.1) is 5.02 Å². The number of halogens is 2. The van der Waals surface area contributed by atoms with E-state index in [1.165, 1.54) is 12.1 Å². The molecule has 0 aliphatic rings. The van der Waals surface area contributed by atoms with Crippen LogP contribution >= 0.6 is 11.6 Å². The number of benzene rings is 1. The third kappa shape index (κ3) is 3.57. The van der Waals surface area contributed by atoms with Gasteiger partial charge in [0.15, 0.2) is 17.7 Å². The first-order valence-electron chi connectivity index (χ1n) is 5.21. The number of hydrazine groups is 1. The van der Waals surface area contributed by atoms with E-state index in [0.717, 1.165) is 0 Å². The summed E-state index contributed by atoms with van der Waals surface area (Å²) in [6.45, 7) is 1.88. The van der Waals surface area contributed by atoms with Crippen molar-refractivity contribution in [1.29, 1.82) is 0 Å². The predicted molar refractivity (Wildman–Crippen MR) is 63.1 cm³/mol. The van der Waals surface area contributed by atoms with Crippen LogP contribution in [-0.2, 0) is 4.79 Å². The maximum Gasteiger partial charge on any atom is 0.274 e. The predicted octanol–water partition coefficient (Wildman–Crippen LogP) is 2.02. The van der Waals surface area contributed by atoms with Gasteiger partial charge in [-0.1, -0.05) is 31.0 Å². The Morgan fingerprint density at radius 1 is 1.65 bits per heavy atom. The summed E-state index contributed by atoms with van der Waals surface area (Å²) in [7, 11) is 0. The molecule has 0 heterocycles. The Morgan fingerprint density at radius 3 is 2.94 bits per heavy atom. The topological polar surface area (TPSA) is 64.3 Å². The molecule has 1 atom stereocenters. The van der Waals surface area contributed by atoms with Crippen molar-refractivity contribution in [3.05, 3.63) is 29.0 Å². The van der Waals surface area contributed by atoms with Gasteiger partial charge in [-0.3, -0.25) is 10.2 Å². The van der Waals surface area contributed by atoms with Gasteiger partial charge in [0.1, 0.15) is 0 Å². The van der Waals surface area contributed by atoms with E-state index < -0.39 is 17.8 Å². The van der Waals surface area contributed by atoms with Gasteiger partial charge in [-0.25, -0.2) is 10.2 Å². The van der Waals surface area contributed by atoms with Gasteiger partial charge in [-0.15, -0.1) is 0 Å². The van der Waals surface area contributed by atoms with Gasteiger partial charge >= 0.3 is 0 Å². The summed E-state index contributed by atoms with van der Waals surface area (Å²) in [5.41, 5.74) is 1.98. The Balaban J connectivity index is 2.85. The van der Waals surface area contributed by atoms with E-state index in [0.29, 0.717) is 12.8 Å². The molecule has 0 aliphatic heterocycles. The lowest BCUT2D eigenvalue weighted by molar-refractivity contribution is -0.128.